The fourth-order valence-electron chi connectivity index (χ4n) is 2.18. The maximum Gasteiger partial charge on any atom is 0.0729 e. The molecule has 0 spiro atoms. The van der Waals surface area contributed by atoms with Crippen molar-refractivity contribution in [3.63, 3.8) is 0 Å². The lowest BCUT2D eigenvalue weighted by atomic mass is 9.96. The molecule has 0 radical (unpaired) electrons. The van der Waals surface area contributed by atoms with E-state index in [1.165, 1.54) is 5.56 Å². The molecule has 4 heteroatoms. The minimum Gasteiger partial charge on any atom is -0.271 e. The van der Waals surface area contributed by atoms with E-state index in [4.69, 9.17) is 5.84 Å². The second-order valence-corrected chi connectivity index (χ2v) is 4.75. The molecule has 4 nitrogen and oxygen atoms in total. The first kappa shape index (κ1) is 13.6. The zero-order valence-corrected chi connectivity index (χ0v) is 11.6. The van der Waals surface area contributed by atoms with Crippen molar-refractivity contribution in [1.82, 2.24) is 15.6 Å². The molecule has 2 aromatic rings. The van der Waals surface area contributed by atoms with Gasteiger partial charge in [-0.25, -0.2) is 5.43 Å². The molecule has 0 fully saturated rings. The summed E-state index contributed by atoms with van der Waals surface area (Å²) in [6, 6.07) is 10.4. The molecular formula is C15H20N4. The van der Waals surface area contributed by atoms with E-state index >= 15 is 0 Å². The third-order valence-corrected chi connectivity index (χ3v) is 3.25. The second-order valence-electron chi connectivity index (χ2n) is 4.75. The van der Waals surface area contributed by atoms with Crippen LogP contribution in [0.1, 0.15) is 41.0 Å². The number of aryl methyl sites for hydroxylation is 3. The van der Waals surface area contributed by atoms with Gasteiger partial charge in [0, 0.05) is 5.56 Å². The molecule has 0 bridgehead atoms. The van der Waals surface area contributed by atoms with Crippen molar-refractivity contribution < 1.29 is 0 Å². The Morgan fingerprint density at radius 3 is 2.42 bits per heavy atom. The highest BCUT2D eigenvalue weighted by Gasteiger charge is 2.17. The van der Waals surface area contributed by atoms with Gasteiger partial charge in [-0.2, -0.15) is 10.2 Å². The zero-order valence-electron chi connectivity index (χ0n) is 11.6. The normalized spacial score (nSPS) is 12.4. The van der Waals surface area contributed by atoms with Crippen LogP contribution >= 0.6 is 0 Å². The summed E-state index contributed by atoms with van der Waals surface area (Å²) >= 11 is 0. The van der Waals surface area contributed by atoms with Crippen LogP contribution < -0.4 is 11.3 Å². The van der Waals surface area contributed by atoms with Crippen molar-refractivity contribution in [2.45, 2.75) is 33.2 Å². The lowest BCUT2D eigenvalue weighted by Gasteiger charge is -2.19. The largest absolute Gasteiger partial charge is 0.271 e. The first-order valence-corrected chi connectivity index (χ1v) is 6.51. The van der Waals surface area contributed by atoms with Crippen LogP contribution in [0, 0.1) is 13.8 Å². The maximum absolute atomic E-state index is 5.75. The Hall–Kier alpha value is -1.78. The van der Waals surface area contributed by atoms with Crippen molar-refractivity contribution in [1.29, 1.82) is 0 Å². The molecular weight excluding hydrogens is 236 g/mol. The van der Waals surface area contributed by atoms with Crippen LogP contribution in [0.25, 0.3) is 0 Å². The molecule has 0 amide bonds. The fraction of sp³-hybridized carbons (Fsp3) is 0.333. The van der Waals surface area contributed by atoms with E-state index in [1.54, 1.807) is 0 Å². The first-order chi connectivity index (χ1) is 9.15. The number of rotatable bonds is 4. The summed E-state index contributed by atoms with van der Waals surface area (Å²) in [4.78, 5) is 0. The molecule has 1 aromatic heterocycles. The summed E-state index contributed by atoms with van der Waals surface area (Å²) in [6.07, 6.45) is 0.840. The maximum atomic E-state index is 5.75. The molecule has 1 aromatic carbocycles. The van der Waals surface area contributed by atoms with E-state index in [1.807, 2.05) is 6.92 Å². The highest BCUT2D eigenvalue weighted by atomic mass is 15.2. The van der Waals surface area contributed by atoms with Crippen LogP contribution in [-0.2, 0) is 6.42 Å². The number of benzene rings is 1. The number of hydrogen-bond acceptors (Lipinski definition) is 4. The second kappa shape index (κ2) is 5.91. The minimum absolute atomic E-state index is 0.0512. The molecule has 1 unspecified atom stereocenters. The molecule has 0 aliphatic carbocycles. The summed E-state index contributed by atoms with van der Waals surface area (Å²) in [6.45, 7) is 6.09. The highest BCUT2D eigenvalue weighted by molar-refractivity contribution is 5.35. The smallest absolute Gasteiger partial charge is 0.0729 e. The Morgan fingerprint density at radius 1 is 1.16 bits per heavy atom. The Balaban J connectivity index is 2.47. The predicted octanol–water partition coefficient (Wildman–Crippen LogP) is 2.21. The van der Waals surface area contributed by atoms with Gasteiger partial charge in [-0.15, -0.1) is 0 Å². The van der Waals surface area contributed by atoms with Crippen LogP contribution in [0.5, 0.6) is 0 Å². The van der Waals surface area contributed by atoms with Gasteiger partial charge in [0.2, 0.25) is 0 Å². The van der Waals surface area contributed by atoms with Crippen LogP contribution in [0.4, 0.5) is 0 Å². The lowest BCUT2D eigenvalue weighted by molar-refractivity contribution is 0.621. The van der Waals surface area contributed by atoms with E-state index in [-0.39, 0.29) is 6.04 Å². The van der Waals surface area contributed by atoms with Crippen LogP contribution in [0.3, 0.4) is 0 Å². The van der Waals surface area contributed by atoms with E-state index in [0.29, 0.717) is 0 Å². The number of nitrogens with one attached hydrogen (secondary N) is 1. The van der Waals surface area contributed by atoms with Gasteiger partial charge in [-0.05, 0) is 31.9 Å². The number of hydrazine groups is 1. The van der Waals surface area contributed by atoms with Gasteiger partial charge in [-0.1, -0.05) is 36.8 Å². The fourth-order valence-corrected chi connectivity index (χ4v) is 2.18. The topological polar surface area (TPSA) is 63.8 Å². The summed E-state index contributed by atoms with van der Waals surface area (Å²) in [7, 11) is 0. The molecule has 1 atom stereocenters. The molecule has 0 saturated heterocycles. The van der Waals surface area contributed by atoms with Crippen LogP contribution in [0.15, 0.2) is 30.3 Å². The lowest BCUT2D eigenvalue weighted by Crippen LogP contribution is -2.30. The standard InChI is InChI=1S/C15H20N4/c1-4-14-13(9-11(3)18-19-14)15(17-16)12-7-5-10(2)6-8-12/h5-9,15,17H,4,16H2,1-3H3. The average molecular weight is 256 g/mol. The molecule has 0 aliphatic heterocycles. The number of nitrogens with two attached hydrogens (primary N) is 1. The molecule has 19 heavy (non-hydrogen) atoms. The van der Waals surface area contributed by atoms with Gasteiger partial charge in [0.25, 0.3) is 0 Å². The van der Waals surface area contributed by atoms with Gasteiger partial charge in [0.15, 0.2) is 0 Å². The molecule has 2 rings (SSSR count). The average Bonchev–Trinajstić information content (AvgIpc) is 2.42. The molecule has 0 aliphatic rings. The Bertz CT molecular complexity index is 549. The first-order valence-electron chi connectivity index (χ1n) is 6.51. The summed E-state index contributed by atoms with van der Waals surface area (Å²) < 4.78 is 0. The van der Waals surface area contributed by atoms with E-state index < -0.39 is 0 Å². The van der Waals surface area contributed by atoms with Crippen molar-refractivity contribution >= 4 is 0 Å². The van der Waals surface area contributed by atoms with Crippen molar-refractivity contribution in [2.24, 2.45) is 5.84 Å². The number of aromatic nitrogens is 2. The molecule has 0 saturated carbocycles. The third kappa shape index (κ3) is 2.97. The van der Waals surface area contributed by atoms with Crippen molar-refractivity contribution in [2.75, 3.05) is 0 Å². The van der Waals surface area contributed by atoms with Crippen LogP contribution in [-0.4, -0.2) is 10.2 Å². The Labute approximate surface area is 114 Å². The van der Waals surface area contributed by atoms with Crippen LogP contribution in [0.2, 0.25) is 0 Å². The molecule has 1 heterocycles. The van der Waals surface area contributed by atoms with Crippen molar-refractivity contribution in [3.05, 3.63) is 58.4 Å². The highest BCUT2D eigenvalue weighted by Crippen LogP contribution is 2.24. The SMILES string of the molecule is CCc1nnc(C)cc1C(NN)c1ccc(C)cc1. The van der Waals surface area contributed by atoms with Gasteiger partial charge < -0.3 is 0 Å². The Kier molecular flexibility index (Phi) is 4.24. The number of hydrogen-bond donors (Lipinski definition) is 2. The van der Waals surface area contributed by atoms with E-state index in [2.05, 4.69) is 59.8 Å². The third-order valence-electron chi connectivity index (χ3n) is 3.25. The quantitative estimate of drug-likeness (QED) is 0.650. The zero-order chi connectivity index (χ0) is 13.8. The molecule has 100 valence electrons. The monoisotopic (exact) mass is 256 g/mol. The predicted molar refractivity (Wildman–Crippen MR) is 76.5 cm³/mol. The van der Waals surface area contributed by atoms with E-state index in [0.717, 1.165) is 28.9 Å². The summed E-state index contributed by atoms with van der Waals surface area (Å²) in [5.41, 5.74) is 8.24. The number of nitrogens with zero attached hydrogens (tertiary/aromatic N) is 2. The Morgan fingerprint density at radius 2 is 1.84 bits per heavy atom. The van der Waals surface area contributed by atoms with Crippen molar-refractivity contribution in [3.8, 4) is 0 Å². The van der Waals surface area contributed by atoms with E-state index in [9.17, 15) is 0 Å². The summed E-state index contributed by atoms with van der Waals surface area (Å²) in [5.74, 6) is 5.75. The van der Waals surface area contributed by atoms with Gasteiger partial charge >= 0.3 is 0 Å². The van der Waals surface area contributed by atoms with Gasteiger partial charge in [0.1, 0.15) is 0 Å². The minimum atomic E-state index is -0.0512. The molecule has 3 N–H and O–H groups in total. The van der Waals surface area contributed by atoms with Gasteiger partial charge in [0.05, 0.1) is 17.4 Å². The van der Waals surface area contributed by atoms with Gasteiger partial charge in [-0.3, -0.25) is 5.84 Å². The summed E-state index contributed by atoms with van der Waals surface area (Å²) in [5, 5.41) is 8.38.